The third-order valence-corrected chi connectivity index (χ3v) is 3.37. The van der Waals surface area contributed by atoms with Crippen molar-refractivity contribution in [3.8, 4) is 5.75 Å². The molecule has 0 aliphatic heterocycles. The van der Waals surface area contributed by atoms with Crippen LogP contribution in [0.15, 0.2) is 42.5 Å². The molecule has 128 valence electrons. The Morgan fingerprint density at radius 1 is 1.00 bits per heavy atom. The molecule has 2 aromatic rings. The van der Waals surface area contributed by atoms with Crippen molar-refractivity contribution in [1.82, 2.24) is 5.32 Å². The number of nitrogens with one attached hydrogen (secondary N) is 1. The van der Waals surface area contributed by atoms with Crippen molar-refractivity contribution in [2.24, 2.45) is 0 Å². The second kappa shape index (κ2) is 7.77. The quantitative estimate of drug-likeness (QED) is 0.816. The lowest BCUT2D eigenvalue weighted by Gasteiger charge is -2.09. The molecule has 2 rings (SSSR count). The van der Waals surface area contributed by atoms with Crippen LogP contribution in [0.2, 0.25) is 10.0 Å². The topological polar surface area (TPSA) is 38.3 Å². The van der Waals surface area contributed by atoms with E-state index in [1.54, 1.807) is 18.2 Å². The lowest BCUT2D eigenvalue weighted by molar-refractivity contribution is -0.274. The van der Waals surface area contributed by atoms with E-state index < -0.39 is 6.36 Å². The van der Waals surface area contributed by atoms with Crippen molar-refractivity contribution < 1.29 is 22.7 Å². The normalized spacial score (nSPS) is 11.2. The lowest BCUT2D eigenvalue weighted by atomic mass is 10.1. The van der Waals surface area contributed by atoms with Gasteiger partial charge in [0.05, 0.1) is 6.42 Å². The van der Waals surface area contributed by atoms with Crippen molar-refractivity contribution >= 4 is 29.1 Å². The predicted octanol–water partition coefficient (Wildman–Crippen LogP) is 4.75. The summed E-state index contributed by atoms with van der Waals surface area (Å²) in [6.07, 6.45) is -4.71. The maximum Gasteiger partial charge on any atom is 0.573 e. The highest BCUT2D eigenvalue weighted by Crippen LogP contribution is 2.23. The Morgan fingerprint density at radius 3 is 2.12 bits per heavy atom. The molecule has 0 atom stereocenters. The van der Waals surface area contributed by atoms with E-state index in [1.165, 1.54) is 12.1 Å². The monoisotopic (exact) mass is 377 g/mol. The Morgan fingerprint density at radius 2 is 1.58 bits per heavy atom. The fraction of sp³-hybridized carbons (Fsp3) is 0.188. The molecule has 0 saturated heterocycles. The van der Waals surface area contributed by atoms with Gasteiger partial charge in [0.25, 0.3) is 0 Å². The summed E-state index contributed by atoms with van der Waals surface area (Å²) in [7, 11) is 0. The van der Waals surface area contributed by atoms with Crippen LogP contribution >= 0.6 is 23.2 Å². The number of hydrogen-bond acceptors (Lipinski definition) is 2. The molecule has 0 aliphatic carbocycles. The van der Waals surface area contributed by atoms with Crippen molar-refractivity contribution in [2.45, 2.75) is 19.3 Å². The second-order valence-electron chi connectivity index (χ2n) is 4.92. The minimum absolute atomic E-state index is 0.0284. The van der Waals surface area contributed by atoms with E-state index in [4.69, 9.17) is 23.2 Å². The molecular formula is C16H12Cl2F3NO2. The summed E-state index contributed by atoms with van der Waals surface area (Å²) in [6.45, 7) is 0.244. The zero-order valence-corrected chi connectivity index (χ0v) is 13.7. The van der Waals surface area contributed by atoms with Crippen molar-refractivity contribution in [3.05, 3.63) is 63.6 Å². The Balaban J connectivity index is 1.88. The van der Waals surface area contributed by atoms with E-state index in [9.17, 15) is 18.0 Å². The third-order valence-electron chi connectivity index (χ3n) is 2.93. The summed E-state index contributed by atoms with van der Waals surface area (Å²) in [4.78, 5) is 11.9. The average molecular weight is 378 g/mol. The molecule has 0 aliphatic rings. The molecule has 3 nitrogen and oxygen atoms in total. The molecule has 1 N–H and O–H groups in total. The number of carbonyl (C=O) groups is 1. The predicted molar refractivity (Wildman–Crippen MR) is 85.1 cm³/mol. The van der Waals surface area contributed by atoms with Gasteiger partial charge < -0.3 is 10.1 Å². The first kappa shape index (κ1) is 18.4. The van der Waals surface area contributed by atoms with Crippen LogP contribution in [0, 0.1) is 0 Å². The van der Waals surface area contributed by atoms with Gasteiger partial charge in [0, 0.05) is 16.6 Å². The molecule has 0 saturated carbocycles. The molecule has 1 amide bonds. The maximum atomic E-state index is 12.1. The van der Waals surface area contributed by atoms with Gasteiger partial charge in [0.1, 0.15) is 5.75 Å². The van der Waals surface area contributed by atoms with Gasteiger partial charge in [-0.2, -0.15) is 0 Å². The highest BCUT2D eigenvalue weighted by atomic mass is 35.5. The van der Waals surface area contributed by atoms with E-state index in [0.717, 1.165) is 17.7 Å². The number of rotatable bonds is 5. The highest BCUT2D eigenvalue weighted by molar-refractivity contribution is 6.34. The van der Waals surface area contributed by atoms with Crippen LogP contribution in [0.3, 0.4) is 0 Å². The molecule has 0 spiro atoms. The molecule has 0 bridgehead atoms. The van der Waals surface area contributed by atoms with Gasteiger partial charge in [-0.05, 0) is 41.5 Å². The van der Waals surface area contributed by atoms with Crippen LogP contribution in [0.1, 0.15) is 11.1 Å². The number of alkyl halides is 3. The van der Waals surface area contributed by atoms with Gasteiger partial charge in [0.2, 0.25) is 5.91 Å². The number of carbonyl (C=O) groups excluding carboxylic acids is 1. The van der Waals surface area contributed by atoms with Gasteiger partial charge >= 0.3 is 6.36 Å². The van der Waals surface area contributed by atoms with Crippen molar-refractivity contribution in [3.63, 3.8) is 0 Å². The van der Waals surface area contributed by atoms with Crippen molar-refractivity contribution in [1.29, 1.82) is 0 Å². The Kier molecular flexibility index (Phi) is 5.96. The number of halogens is 5. The minimum Gasteiger partial charge on any atom is -0.406 e. The lowest BCUT2D eigenvalue weighted by Crippen LogP contribution is -2.24. The fourth-order valence-corrected chi connectivity index (χ4v) is 2.54. The summed E-state index contributed by atoms with van der Waals surface area (Å²) in [5, 5.41) is 3.62. The summed E-state index contributed by atoms with van der Waals surface area (Å²) in [5.74, 6) is -0.615. The first-order valence-electron chi connectivity index (χ1n) is 6.77. The summed E-state index contributed by atoms with van der Waals surface area (Å²) < 4.78 is 40.0. The Hall–Kier alpha value is -1.92. The number of amides is 1. The average Bonchev–Trinajstić information content (AvgIpc) is 2.45. The summed E-state index contributed by atoms with van der Waals surface area (Å²) in [6, 6.07) is 10.1. The van der Waals surface area contributed by atoms with E-state index in [0.29, 0.717) is 15.6 Å². The van der Waals surface area contributed by atoms with Crippen LogP contribution in [0.4, 0.5) is 13.2 Å². The smallest absolute Gasteiger partial charge is 0.406 e. The Labute approximate surface area is 146 Å². The van der Waals surface area contributed by atoms with E-state index in [1.807, 2.05) is 0 Å². The molecule has 0 radical (unpaired) electrons. The second-order valence-corrected chi connectivity index (χ2v) is 5.80. The molecule has 0 heterocycles. The molecule has 0 fully saturated rings. The van der Waals surface area contributed by atoms with E-state index in [-0.39, 0.29) is 24.6 Å². The largest absolute Gasteiger partial charge is 0.573 e. The molecule has 24 heavy (non-hydrogen) atoms. The zero-order chi connectivity index (χ0) is 17.7. The summed E-state index contributed by atoms with van der Waals surface area (Å²) in [5.41, 5.74) is 1.31. The number of hydrogen-bond donors (Lipinski definition) is 1. The molecular weight excluding hydrogens is 366 g/mol. The zero-order valence-electron chi connectivity index (χ0n) is 12.2. The fourth-order valence-electron chi connectivity index (χ4n) is 1.97. The van der Waals surface area contributed by atoms with Crippen molar-refractivity contribution in [2.75, 3.05) is 0 Å². The molecule has 0 aromatic heterocycles. The van der Waals surface area contributed by atoms with E-state index >= 15 is 0 Å². The number of ether oxygens (including phenoxy) is 1. The first-order valence-corrected chi connectivity index (χ1v) is 7.53. The van der Waals surface area contributed by atoms with Gasteiger partial charge in [0.15, 0.2) is 0 Å². The van der Waals surface area contributed by atoms with Gasteiger partial charge in [-0.1, -0.05) is 35.3 Å². The van der Waals surface area contributed by atoms with Gasteiger partial charge in [-0.3, -0.25) is 4.79 Å². The van der Waals surface area contributed by atoms with Gasteiger partial charge in [-0.15, -0.1) is 13.2 Å². The van der Waals surface area contributed by atoms with Crippen LogP contribution in [0.5, 0.6) is 5.75 Å². The first-order chi connectivity index (χ1) is 11.2. The number of benzene rings is 2. The molecule has 0 unspecified atom stereocenters. The minimum atomic E-state index is -4.74. The SMILES string of the molecule is O=C(Cc1ccc(OC(F)(F)F)cc1)NCc1cc(Cl)cc(Cl)c1. The van der Waals surface area contributed by atoms with Crippen LogP contribution in [0.25, 0.3) is 0 Å². The van der Waals surface area contributed by atoms with Gasteiger partial charge in [-0.25, -0.2) is 0 Å². The van der Waals surface area contributed by atoms with Crippen LogP contribution in [-0.4, -0.2) is 12.3 Å². The van der Waals surface area contributed by atoms with Crippen LogP contribution in [-0.2, 0) is 17.8 Å². The third kappa shape index (κ3) is 6.29. The highest BCUT2D eigenvalue weighted by Gasteiger charge is 2.30. The standard InChI is InChI=1S/C16H12Cl2F3NO2/c17-12-5-11(6-13(18)8-12)9-22-15(23)7-10-1-3-14(4-2-10)24-16(19,20)21/h1-6,8H,7,9H2,(H,22,23). The molecule has 8 heteroatoms. The maximum absolute atomic E-state index is 12.1. The Bertz CT molecular complexity index is 698. The molecule has 2 aromatic carbocycles. The van der Waals surface area contributed by atoms with Crippen LogP contribution < -0.4 is 10.1 Å². The summed E-state index contributed by atoms with van der Waals surface area (Å²) >= 11 is 11.7. The van der Waals surface area contributed by atoms with E-state index in [2.05, 4.69) is 10.1 Å².